The topological polar surface area (TPSA) is 64.4 Å². The summed E-state index contributed by atoms with van der Waals surface area (Å²) < 4.78 is 6.24. The first-order chi connectivity index (χ1) is 15.1. The summed E-state index contributed by atoms with van der Waals surface area (Å²) in [6.07, 6.45) is 5.16. The van der Waals surface area contributed by atoms with E-state index < -0.39 is 0 Å². The van der Waals surface area contributed by atoms with E-state index in [1.807, 2.05) is 49.4 Å². The summed E-state index contributed by atoms with van der Waals surface area (Å²) in [6, 6.07) is 21.7. The molecule has 3 unspecified atom stereocenters. The monoisotopic (exact) mass is 412 g/mol. The maximum atomic E-state index is 11.7. The van der Waals surface area contributed by atoms with E-state index in [-0.39, 0.29) is 28.5 Å². The van der Waals surface area contributed by atoms with Gasteiger partial charge < -0.3 is 10.1 Å². The van der Waals surface area contributed by atoms with Gasteiger partial charge in [-0.3, -0.25) is 10.1 Å². The van der Waals surface area contributed by atoms with E-state index >= 15 is 0 Å². The molecule has 5 rings (SSSR count). The number of nitro benzene ring substituents is 1. The van der Waals surface area contributed by atoms with Crippen LogP contribution in [0.2, 0.25) is 0 Å². The minimum Gasteiger partial charge on any atom is -0.489 e. The Labute approximate surface area is 181 Å². The van der Waals surface area contributed by atoms with Crippen LogP contribution in [0.4, 0.5) is 11.4 Å². The van der Waals surface area contributed by atoms with Crippen molar-refractivity contribution < 1.29 is 9.66 Å². The van der Waals surface area contributed by atoms with Crippen molar-refractivity contribution in [1.82, 2.24) is 0 Å². The van der Waals surface area contributed by atoms with Gasteiger partial charge in [0.2, 0.25) is 0 Å². The van der Waals surface area contributed by atoms with Crippen molar-refractivity contribution in [2.75, 3.05) is 5.32 Å². The lowest BCUT2D eigenvalue weighted by atomic mass is 9.75. The van der Waals surface area contributed by atoms with Crippen LogP contribution in [0.5, 0.6) is 5.75 Å². The van der Waals surface area contributed by atoms with Crippen molar-refractivity contribution >= 4 is 11.4 Å². The lowest BCUT2D eigenvalue weighted by molar-refractivity contribution is -0.385. The van der Waals surface area contributed by atoms with Crippen molar-refractivity contribution in [2.24, 2.45) is 5.92 Å². The Balaban J connectivity index is 1.53. The number of hydrogen-bond donors (Lipinski definition) is 1. The first-order valence-corrected chi connectivity index (χ1v) is 10.6. The molecule has 1 heterocycles. The Morgan fingerprint density at radius 3 is 2.65 bits per heavy atom. The Morgan fingerprint density at radius 2 is 1.84 bits per heavy atom. The highest BCUT2D eigenvalue weighted by atomic mass is 16.6. The largest absolute Gasteiger partial charge is 0.489 e. The van der Waals surface area contributed by atoms with Gasteiger partial charge in [-0.15, -0.1) is 0 Å². The van der Waals surface area contributed by atoms with E-state index in [1.54, 1.807) is 6.07 Å². The van der Waals surface area contributed by atoms with E-state index in [4.69, 9.17) is 4.74 Å². The van der Waals surface area contributed by atoms with Crippen LogP contribution in [-0.4, -0.2) is 4.92 Å². The zero-order valence-corrected chi connectivity index (χ0v) is 17.3. The summed E-state index contributed by atoms with van der Waals surface area (Å²) in [5.74, 6) is 1.07. The normalized spacial score (nSPS) is 21.1. The molecule has 1 N–H and O–H groups in total. The van der Waals surface area contributed by atoms with Crippen molar-refractivity contribution in [2.45, 2.75) is 31.9 Å². The van der Waals surface area contributed by atoms with E-state index in [2.05, 4.69) is 35.7 Å². The number of hydrogen-bond acceptors (Lipinski definition) is 4. The highest BCUT2D eigenvalue weighted by molar-refractivity contribution is 5.71. The summed E-state index contributed by atoms with van der Waals surface area (Å²) in [7, 11) is 0. The highest BCUT2D eigenvalue weighted by Gasteiger charge is 2.42. The number of aryl methyl sites for hydroxylation is 1. The van der Waals surface area contributed by atoms with Gasteiger partial charge in [0.15, 0.2) is 0 Å². The first-order valence-electron chi connectivity index (χ1n) is 10.6. The number of ether oxygens (including phenoxy) is 1. The van der Waals surface area contributed by atoms with Crippen LogP contribution in [0.15, 0.2) is 78.9 Å². The number of fused-ring (bicyclic) bond motifs is 3. The molecule has 5 heteroatoms. The second-order valence-corrected chi connectivity index (χ2v) is 8.23. The molecule has 1 aliphatic heterocycles. The van der Waals surface area contributed by atoms with Crippen LogP contribution in [0.1, 0.15) is 40.6 Å². The molecule has 0 spiro atoms. The van der Waals surface area contributed by atoms with E-state index in [0.717, 1.165) is 40.1 Å². The molecule has 31 heavy (non-hydrogen) atoms. The van der Waals surface area contributed by atoms with Crippen LogP contribution >= 0.6 is 0 Å². The molecule has 0 radical (unpaired) electrons. The number of nitro groups is 1. The fourth-order valence-corrected chi connectivity index (χ4v) is 4.91. The van der Waals surface area contributed by atoms with Gasteiger partial charge >= 0.3 is 0 Å². The minimum atomic E-state index is -0.263. The Morgan fingerprint density at radius 1 is 1.06 bits per heavy atom. The maximum absolute atomic E-state index is 11.7. The summed E-state index contributed by atoms with van der Waals surface area (Å²) >= 11 is 0. The van der Waals surface area contributed by atoms with Gasteiger partial charge in [-0.25, -0.2) is 0 Å². The zero-order chi connectivity index (χ0) is 21.4. The van der Waals surface area contributed by atoms with Gasteiger partial charge in [0.25, 0.3) is 5.69 Å². The average Bonchev–Trinajstić information content (AvgIpc) is 3.28. The third kappa shape index (κ3) is 3.46. The molecule has 0 bridgehead atoms. The summed E-state index contributed by atoms with van der Waals surface area (Å²) in [6.45, 7) is 2.50. The van der Waals surface area contributed by atoms with Crippen LogP contribution in [0.25, 0.3) is 0 Å². The molecule has 3 aromatic carbocycles. The number of nitrogens with zero attached hydrogens (tertiary/aromatic N) is 1. The standard InChI is InChI=1S/C26H24N2O3/c1-17-14-15-22(28(29)30)24-19-11-7-12-20(19)26(27-25(17)24)21-10-5-6-13-23(21)31-16-18-8-3-2-4-9-18/h2-11,13-15,19-20,26-27H,12,16H2,1H3. The van der Waals surface area contributed by atoms with Crippen LogP contribution in [0.3, 0.4) is 0 Å². The van der Waals surface area contributed by atoms with Crippen LogP contribution in [0, 0.1) is 23.0 Å². The summed E-state index contributed by atoms with van der Waals surface area (Å²) in [5, 5.41) is 15.4. The van der Waals surface area contributed by atoms with Crippen LogP contribution in [-0.2, 0) is 6.61 Å². The molecule has 1 aliphatic carbocycles. The minimum absolute atomic E-state index is 0.0141. The lowest BCUT2D eigenvalue weighted by Crippen LogP contribution is -2.30. The molecule has 156 valence electrons. The maximum Gasteiger partial charge on any atom is 0.275 e. The Kier molecular flexibility index (Phi) is 4.94. The summed E-state index contributed by atoms with van der Waals surface area (Å²) in [5.41, 5.74) is 5.11. The third-order valence-corrected chi connectivity index (χ3v) is 6.39. The molecule has 3 atom stereocenters. The molecule has 5 nitrogen and oxygen atoms in total. The van der Waals surface area contributed by atoms with Gasteiger partial charge in [0.1, 0.15) is 12.4 Å². The summed E-state index contributed by atoms with van der Waals surface area (Å²) in [4.78, 5) is 11.5. The number of anilines is 1. The van der Waals surface area contributed by atoms with Crippen molar-refractivity contribution in [3.63, 3.8) is 0 Å². The zero-order valence-electron chi connectivity index (χ0n) is 17.3. The molecular weight excluding hydrogens is 388 g/mol. The quantitative estimate of drug-likeness (QED) is 0.303. The lowest BCUT2D eigenvalue weighted by Gasteiger charge is -2.38. The average molecular weight is 412 g/mol. The van der Waals surface area contributed by atoms with Gasteiger partial charge in [-0.05, 0) is 36.5 Å². The Bertz CT molecular complexity index is 1160. The van der Waals surface area contributed by atoms with Crippen molar-refractivity contribution in [3.05, 3.63) is 111 Å². The molecule has 0 amide bonds. The van der Waals surface area contributed by atoms with Gasteiger partial charge in [-0.2, -0.15) is 0 Å². The van der Waals surface area contributed by atoms with Crippen molar-refractivity contribution in [1.29, 1.82) is 0 Å². The SMILES string of the molecule is Cc1ccc([N+](=O)[O-])c2c1NC(c1ccccc1OCc1ccccc1)C1CC=CC21. The molecular formula is C26H24N2O3. The number of benzene rings is 3. The number of nitrogens with one attached hydrogen (secondary N) is 1. The molecule has 0 saturated carbocycles. The fraction of sp³-hybridized carbons (Fsp3) is 0.231. The molecule has 0 aromatic heterocycles. The highest BCUT2D eigenvalue weighted by Crippen LogP contribution is 2.54. The van der Waals surface area contributed by atoms with E-state index in [1.165, 1.54) is 0 Å². The van der Waals surface area contributed by atoms with E-state index in [0.29, 0.717) is 6.61 Å². The number of para-hydroxylation sites is 1. The molecule has 0 fully saturated rings. The Hall–Kier alpha value is -3.60. The predicted octanol–water partition coefficient (Wildman–Crippen LogP) is 6.31. The third-order valence-electron chi connectivity index (χ3n) is 6.39. The van der Waals surface area contributed by atoms with Gasteiger partial charge in [0.05, 0.1) is 16.5 Å². The molecule has 2 aliphatic rings. The van der Waals surface area contributed by atoms with Crippen LogP contribution < -0.4 is 10.1 Å². The fourth-order valence-electron chi connectivity index (χ4n) is 4.91. The smallest absolute Gasteiger partial charge is 0.275 e. The van der Waals surface area contributed by atoms with Crippen molar-refractivity contribution in [3.8, 4) is 5.75 Å². The van der Waals surface area contributed by atoms with Gasteiger partial charge in [-0.1, -0.05) is 66.7 Å². The molecule has 3 aromatic rings. The second kappa shape index (κ2) is 7.91. The number of allylic oxidation sites excluding steroid dienone is 2. The molecule has 0 saturated heterocycles. The van der Waals surface area contributed by atoms with Gasteiger partial charge in [0, 0.05) is 23.2 Å². The van der Waals surface area contributed by atoms with E-state index in [9.17, 15) is 10.1 Å². The number of rotatable bonds is 5. The second-order valence-electron chi connectivity index (χ2n) is 8.23. The predicted molar refractivity (Wildman–Crippen MR) is 121 cm³/mol. The first kappa shape index (κ1) is 19.4.